The Morgan fingerprint density at radius 2 is 2.40 bits per heavy atom. The van der Waals surface area contributed by atoms with Crippen LogP contribution in [-0.2, 0) is 11.3 Å². The summed E-state index contributed by atoms with van der Waals surface area (Å²) in [6.07, 6.45) is 4.84. The van der Waals surface area contributed by atoms with Crippen LogP contribution >= 0.6 is 0 Å². The predicted octanol–water partition coefficient (Wildman–Crippen LogP) is 2.30. The first kappa shape index (κ1) is 13.0. The lowest BCUT2D eigenvalue weighted by Gasteiger charge is -2.12. The molecule has 1 saturated heterocycles. The summed E-state index contributed by atoms with van der Waals surface area (Å²) in [5.41, 5.74) is 0.882. The molecule has 0 radical (unpaired) electrons. The molecule has 20 heavy (non-hydrogen) atoms. The third kappa shape index (κ3) is 2.49. The quantitative estimate of drug-likeness (QED) is 0.929. The molecule has 0 aliphatic carbocycles. The molecule has 0 spiro atoms. The molecule has 106 valence electrons. The lowest BCUT2D eigenvalue weighted by atomic mass is 10.1. The molecule has 1 unspecified atom stereocenters. The van der Waals surface area contributed by atoms with Gasteiger partial charge in [-0.25, -0.2) is 4.98 Å². The Morgan fingerprint density at radius 3 is 3.10 bits per heavy atom. The van der Waals surface area contributed by atoms with Crippen molar-refractivity contribution >= 4 is 0 Å². The smallest absolute Gasteiger partial charge is 0.160 e. The van der Waals surface area contributed by atoms with Crippen LogP contribution in [0.25, 0.3) is 11.4 Å². The van der Waals surface area contributed by atoms with Gasteiger partial charge in [0.05, 0.1) is 13.7 Å². The Bertz CT molecular complexity index is 589. The first-order chi connectivity index (χ1) is 9.78. The van der Waals surface area contributed by atoms with Crippen molar-refractivity contribution in [3.63, 3.8) is 0 Å². The molecule has 1 fully saturated rings. The van der Waals surface area contributed by atoms with E-state index in [0.717, 1.165) is 37.6 Å². The summed E-state index contributed by atoms with van der Waals surface area (Å²) in [6, 6.07) is 5.34. The van der Waals surface area contributed by atoms with Crippen molar-refractivity contribution in [2.24, 2.45) is 5.92 Å². The van der Waals surface area contributed by atoms with Crippen molar-refractivity contribution < 1.29 is 14.6 Å². The number of methoxy groups -OCH3 is 1. The minimum atomic E-state index is 0.128. The highest BCUT2D eigenvalue weighted by Gasteiger charge is 2.18. The van der Waals surface area contributed by atoms with Crippen LogP contribution in [0.3, 0.4) is 0 Å². The van der Waals surface area contributed by atoms with Gasteiger partial charge in [0, 0.05) is 37.0 Å². The van der Waals surface area contributed by atoms with Crippen LogP contribution in [0, 0.1) is 5.92 Å². The van der Waals surface area contributed by atoms with Gasteiger partial charge in [-0.1, -0.05) is 0 Å². The highest BCUT2D eigenvalue weighted by atomic mass is 16.5. The Kier molecular flexibility index (Phi) is 3.60. The van der Waals surface area contributed by atoms with Crippen molar-refractivity contribution in [2.45, 2.75) is 13.0 Å². The van der Waals surface area contributed by atoms with Crippen LogP contribution in [0.2, 0.25) is 0 Å². The third-order valence-electron chi connectivity index (χ3n) is 3.63. The second-order valence-corrected chi connectivity index (χ2v) is 5.02. The maximum absolute atomic E-state index is 9.88. The average Bonchev–Trinajstić information content (AvgIpc) is 3.11. The van der Waals surface area contributed by atoms with Crippen molar-refractivity contribution in [3.8, 4) is 22.9 Å². The van der Waals surface area contributed by atoms with Crippen molar-refractivity contribution in [1.82, 2.24) is 9.55 Å². The summed E-state index contributed by atoms with van der Waals surface area (Å²) in [5, 5.41) is 9.88. The molecule has 1 aliphatic heterocycles. The first-order valence-electron chi connectivity index (χ1n) is 6.74. The molecular weight excluding hydrogens is 256 g/mol. The summed E-state index contributed by atoms with van der Waals surface area (Å²) in [6.45, 7) is 2.55. The number of hydrogen-bond acceptors (Lipinski definition) is 4. The molecule has 2 aromatic rings. The molecule has 5 nitrogen and oxygen atoms in total. The standard InChI is InChI=1S/C15H18N2O3/c1-19-14-3-2-12(8-13(14)18)15-16-5-6-17(15)9-11-4-7-20-10-11/h2-3,5-6,8,11,18H,4,7,9-10H2,1H3. The number of imidazole rings is 1. The van der Waals surface area contributed by atoms with Gasteiger partial charge >= 0.3 is 0 Å². The number of phenolic OH excluding ortho intramolecular Hbond substituents is 1. The van der Waals surface area contributed by atoms with Crippen LogP contribution in [0.15, 0.2) is 30.6 Å². The third-order valence-corrected chi connectivity index (χ3v) is 3.63. The molecule has 1 aromatic heterocycles. The largest absolute Gasteiger partial charge is 0.504 e. The molecule has 1 N–H and O–H groups in total. The molecule has 0 bridgehead atoms. The van der Waals surface area contributed by atoms with Gasteiger partial charge in [0.25, 0.3) is 0 Å². The molecule has 3 rings (SSSR count). The summed E-state index contributed by atoms with van der Waals surface area (Å²) >= 11 is 0. The lowest BCUT2D eigenvalue weighted by molar-refractivity contribution is 0.182. The minimum Gasteiger partial charge on any atom is -0.504 e. The topological polar surface area (TPSA) is 56.5 Å². The Balaban J connectivity index is 1.86. The van der Waals surface area contributed by atoms with E-state index in [0.29, 0.717) is 11.7 Å². The van der Waals surface area contributed by atoms with E-state index >= 15 is 0 Å². The molecule has 1 aromatic carbocycles. The van der Waals surface area contributed by atoms with Crippen LogP contribution in [-0.4, -0.2) is 35.0 Å². The fraction of sp³-hybridized carbons (Fsp3) is 0.400. The number of rotatable bonds is 4. The molecular formula is C15H18N2O3. The lowest BCUT2D eigenvalue weighted by Crippen LogP contribution is -2.11. The van der Waals surface area contributed by atoms with Gasteiger partial charge in [-0.2, -0.15) is 0 Å². The number of aromatic nitrogens is 2. The van der Waals surface area contributed by atoms with Crippen LogP contribution in [0.5, 0.6) is 11.5 Å². The van der Waals surface area contributed by atoms with E-state index in [2.05, 4.69) is 9.55 Å². The Labute approximate surface area is 117 Å². The van der Waals surface area contributed by atoms with E-state index in [-0.39, 0.29) is 5.75 Å². The van der Waals surface area contributed by atoms with Crippen molar-refractivity contribution in [3.05, 3.63) is 30.6 Å². The van der Waals surface area contributed by atoms with E-state index in [4.69, 9.17) is 9.47 Å². The normalized spacial score (nSPS) is 18.4. The number of hydrogen-bond donors (Lipinski definition) is 1. The van der Waals surface area contributed by atoms with Gasteiger partial charge in [-0.15, -0.1) is 0 Å². The van der Waals surface area contributed by atoms with Crippen molar-refractivity contribution in [1.29, 1.82) is 0 Å². The van der Waals surface area contributed by atoms with E-state index in [1.165, 1.54) is 7.11 Å². The zero-order valence-electron chi connectivity index (χ0n) is 11.5. The first-order valence-corrected chi connectivity index (χ1v) is 6.74. The maximum atomic E-state index is 9.88. The fourth-order valence-corrected chi connectivity index (χ4v) is 2.55. The number of nitrogens with zero attached hydrogens (tertiary/aromatic N) is 2. The van der Waals surface area contributed by atoms with E-state index in [1.807, 2.05) is 12.3 Å². The average molecular weight is 274 g/mol. The molecule has 0 saturated carbocycles. The van der Waals surface area contributed by atoms with Gasteiger partial charge in [-0.3, -0.25) is 0 Å². The summed E-state index contributed by atoms with van der Waals surface area (Å²) < 4.78 is 12.6. The highest BCUT2D eigenvalue weighted by molar-refractivity contribution is 5.61. The van der Waals surface area contributed by atoms with Crippen LogP contribution < -0.4 is 4.74 Å². The maximum Gasteiger partial charge on any atom is 0.160 e. The van der Waals surface area contributed by atoms with Gasteiger partial charge in [0.15, 0.2) is 11.5 Å². The highest BCUT2D eigenvalue weighted by Crippen LogP contribution is 2.31. The van der Waals surface area contributed by atoms with E-state index in [1.54, 1.807) is 18.3 Å². The second kappa shape index (κ2) is 5.54. The molecule has 2 heterocycles. The number of phenols is 1. The van der Waals surface area contributed by atoms with Crippen LogP contribution in [0.4, 0.5) is 0 Å². The van der Waals surface area contributed by atoms with Crippen molar-refractivity contribution in [2.75, 3.05) is 20.3 Å². The van der Waals surface area contributed by atoms with Crippen LogP contribution in [0.1, 0.15) is 6.42 Å². The SMILES string of the molecule is COc1ccc(-c2nccn2CC2CCOC2)cc1O. The van der Waals surface area contributed by atoms with Gasteiger partial charge in [-0.05, 0) is 24.6 Å². The van der Waals surface area contributed by atoms with Gasteiger partial charge in [0.2, 0.25) is 0 Å². The number of benzene rings is 1. The monoisotopic (exact) mass is 274 g/mol. The van der Waals surface area contributed by atoms with E-state index in [9.17, 15) is 5.11 Å². The summed E-state index contributed by atoms with van der Waals surface area (Å²) in [7, 11) is 1.54. The van der Waals surface area contributed by atoms with Gasteiger partial charge in [0.1, 0.15) is 5.82 Å². The number of ether oxygens (including phenoxy) is 2. The fourth-order valence-electron chi connectivity index (χ4n) is 2.55. The summed E-state index contributed by atoms with van der Waals surface area (Å²) in [5.74, 6) is 1.99. The zero-order chi connectivity index (χ0) is 13.9. The Hall–Kier alpha value is -2.01. The zero-order valence-corrected chi connectivity index (χ0v) is 11.5. The summed E-state index contributed by atoms with van der Waals surface area (Å²) in [4.78, 5) is 4.40. The molecule has 1 aliphatic rings. The molecule has 0 amide bonds. The minimum absolute atomic E-state index is 0.128. The molecule has 5 heteroatoms. The second-order valence-electron chi connectivity index (χ2n) is 5.02. The predicted molar refractivity (Wildman–Crippen MR) is 74.8 cm³/mol. The molecule has 1 atom stereocenters. The van der Waals surface area contributed by atoms with Gasteiger partial charge < -0.3 is 19.1 Å². The Morgan fingerprint density at radius 1 is 1.50 bits per heavy atom. The van der Waals surface area contributed by atoms with E-state index < -0.39 is 0 Å². The number of aromatic hydroxyl groups is 1.